The topological polar surface area (TPSA) is 55.1 Å². The van der Waals surface area contributed by atoms with E-state index in [2.05, 4.69) is 31.3 Å². The summed E-state index contributed by atoms with van der Waals surface area (Å²) in [6.45, 7) is 6.02. The van der Waals surface area contributed by atoms with Gasteiger partial charge in [-0.2, -0.15) is 0 Å². The lowest BCUT2D eigenvalue weighted by molar-refractivity contribution is -0.123. The van der Waals surface area contributed by atoms with Crippen molar-refractivity contribution in [2.45, 2.75) is 45.7 Å². The van der Waals surface area contributed by atoms with Gasteiger partial charge in [0.2, 0.25) is 5.91 Å². The van der Waals surface area contributed by atoms with Crippen molar-refractivity contribution in [1.82, 2.24) is 5.32 Å². The van der Waals surface area contributed by atoms with Crippen LogP contribution in [0.1, 0.15) is 45.2 Å². The van der Waals surface area contributed by atoms with Crippen LogP contribution in [0.25, 0.3) is 0 Å². The van der Waals surface area contributed by atoms with Crippen LogP contribution >= 0.6 is 12.4 Å². The minimum atomic E-state index is -0.467. The highest BCUT2D eigenvalue weighted by molar-refractivity contribution is 5.85. The second-order valence-electron chi connectivity index (χ2n) is 4.76. The molecule has 1 amide bonds. The number of halogens is 1. The van der Waals surface area contributed by atoms with Crippen LogP contribution in [0.5, 0.6) is 0 Å². The fourth-order valence-electron chi connectivity index (χ4n) is 2.18. The first-order valence-corrected chi connectivity index (χ1v) is 6.71. The average molecular weight is 285 g/mol. The van der Waals surface area contributed by atoms with Gasteiger partial charge in [0.25, 0.3) is 0 Å². The summed E-state index contributed by atoms with van der Waals surface area (Å²) >= 11 is 0. The maximum atomic E-state index is 11.8. The number of carbonyl (C=O) groups is 1. The lowest BCUT2D eigenvalue weighted by atomic mass is 9.88. The van der Waals surface area contributed by atoms with E-state index in [0.29, 0.717) is 5.92 Å². The van der Waals surface area contributed by atoms with Crippen molar-refractivity contribution in [3.63, 3.8) is 0 Å². The molecule has 4 heteroatoms. The molecule has 0 aliphatic rings. The molecule has 0 saturated carbocycles. The molecule has 0 aliphatic carbocycles. The molecular formula is C15H25ClN2O. The van der Waals surface area contributed by atoms with Gasteiger partial charge in [0, 0.05) is 0 Å². The number of hydrogen-bond donors (Lipinski definition) is 2. The Balaban J connectivity index is 0.00000324. The van der Waals surface area contributed by atoms with Gasteiger partial charge in [0.1, 0.15) is 0 Å². The molecule has 1 aromatic rings. The largest absolute Gasteiger partial charge is 0.348 e. The highest BCUT2D eigenvalue weighted by Gasteiger charge is 2.23. The van der Waals surface area contributed by atoms with Crippen molar-refractivity contribution >= 4 is 18.3 Å². The molecule has 0 radical (unpaired) electrons. The van der Waals surface area contributed by atoms with E-state index >= 15 is 0 Å². The van der Waals surface area contributed by atoms with E-state index in [4.69, 9.17) is 5.73 Å². The van der Waals surface area contributed by atoms with Crippen LogP contribution in [0.3, 0.4) is 0 Å². The molecule has 0 fully saturated rings. The summed E-state index contributed by atoms with van der Waals surface area (Å²) < 4.78 is 0. The van der Waals surface area contributed by atoms with Crippen molar-refractivity contribution < 1.29 is 4.79 Å². The van der Waals surface area contributed by atoms with Crippen LogP contribution in [0.15, 0.2) is 30.3 Å². The molecule has 0 aliphatic heterocycles. The summed E-state index contributed by atoms with van der Waals surface area (Å²) in [6, 6.07) is 9.70. The molecular weight excluding hydrogens is 260 g/mol. The van der Waals surface area contributed by atoms with Gasteiger partial charge in [-0.25, -0.2) is 0 Å². The first-order valence-electron chi connectivity index (χ1n) is 6.71. The Morgan fingerprint density at radius 2 is 1.74 bits per heavy atom. The minimum Gasteiger partial charge on any atom is -0.348 e. The number of carbonyl (C=O) groups excluding carboxylic acids is 1. The molecule has 0 spiro atoms. The molecule has 19 heavy (non-hydrogen) atoms. The molecule has 3 N–H and O–H groups in total. The van der Waals surface area contributed by atoms with Gasteiger partial charge in [-0.15, -0.1) is 12.4 Å². The van der Waals surface area contributed by atoms with Crippen LogP contribution in [0, 0.1) is 5.92 Å². The van der Waals surface area contributed by atoms with Crippen LogP contribution in [0.2, 0.25) is 0 Å². The summed E-state index contributed by atoms with van der Waals surface area (Å²) in [5.41, 5.74) is 6.79. The Kier molecular flexibility index (Phi) is 8.44. The standard InChI is InChI=1S/C15H24N2O.ClH/c1-4-12(5-2)14(17-15(18)11(3)16)13-9-7-6-8-10-13;/h6-12,14H,4-5,16H2,1-3H3,(H,17,18);1H. The van der Waals surface area contributed by atoms with Gasteiger partial charge < -0.3 is 11.1 Å². The van der Waals surface area contributed by atoms with Crippen LogP contribution < -0.4 is 11.1 Å². The second kappa shape index (κ2) is 8.94. The maximum absolute atomic E-state index is 11.8. The Morgan fingerprint density at radius 1 is 1.21 bits per heavy atom. The Hall–Kier alpha value is -1.06. The third-order valence-corrected chi connectivity index (χ3v) is 3.39. The van der Waals surface area contributed by atoms with Crippen molar-refractivity contribution in [3.05, 3.63) is 35.9 Å². The van der Waals surface area contributed by atoms with Gasteiger partial charge in [0.15, 0.2) is 0 Å². The van der Waals surface area contributed by atoms with Crippen molar-refractivity contribution in [3.8, 4) is 0 Å². The average Bonchev–Trinajstić information content (AvgIpc) is 2.39. The highest BCUT2D eigenvalue weighted by Crippen LogP contribution is 2.27. The van der Waals surface area contributed by atoms with E-state index < -0.39 is 6.04 Å². The van der Waals surface area contributed by atoms with Crippen molar-refractivity contribution in [2.24, 2.45) is 11.7 Å². The van der Waals surface area contributed by atoms with Crippen molar-refractivity contribution in [2.75, 3.05) is 0 Å². The van der Waals surface area contributed by atoms with Gasteiger partial charge in [-0.05, 0) is 18.4 Å². The molecule has 0 bridgehead atoms. The van der Waals surface area contributed by atoms with Gasteiger partial charge in [0.05, 0.1) is 12.1 Å². The predicted molar refractivity (Wildman–Crippen MR) is 82.3 cm³/mol. The summed E-state index contributed by atoms with van der Waals surface area (Å²) in [7, 11) is 0. The number of hydrogen-bond acceptors (Lipinski definition) is 2. The number of nitrogens with one attached hydrogen (secondary N) is 1. The number of benzene rings is 1. The third-order valence-electron chi connectivity index (χ3n) is 3.39. The smallest absolute Gasteiger partial charge is 0.237 e. The fraction of sp³-hybridized carbons (Fsp3) is 0.533. The van der Waals surface area contributed by atoms with Crippen molar-refractivity contribution in [1.29, 1.82) is 0 Å². The quantitative estimate of drug-likeness (QED) is 0.843. The normalized spacial score (nSPS) is 13.5. The summed E-state index contributed by atoms with van der Waals surface area (Å²) in [5.74, 6) is 0.353. The summed E-state index contributed by atoms with van der Waals surface area (Å²) in [5, 5.41) is 3.07. The lowest BCUT2D eigenvalue weighted by Crippen LogP contribution is -2.42. The third kappa shape index (κ3) is 5.21. The van der Waals surface area contributed by atoms with Crippen LogP contribution in [0.4, 0.5) is 0 Å². The van der Waals surface area contributed by atoms with E-state index in [1.54, 1.807) is 6.92 Å². The molecule has 0 heterocycles. The number of amides is 1. The zero-order valence-corrected chi connectivity index (χ0v) is 12.7. The highest BCUT2D eigenvalue weighted by atomic mass is 35.5. The lowest BCUT2D eigenvalue weighted by Gasteiger charge is -2.27. The van der Waals surface area contributed by atoms with E-state index in [-0.39, 0.29) is 24.4 Å². The molecule has 0 saturated heterocycles. The second-order valence-corrected chi connectivity index (χ2v) is 4.76. The summed E-state index contributed by atoms with van der Waals surface area (Å²) in [6.07, 6.45) is 2.07. The molecule has 108 valence electrons. The molecule has 3 nitrogen and oxygen atoms in total. The SMILES string of the molecule is CCC(CC)C(NC(=O)C(C)N)c1ccccc1.Cl. The van der Waals surface area contributed by atoms with Gasteiger partial charge in [-0.1, -0.05) is 57.0 Å². The van der Waals surface area contributed by atoms with E-state index in [9.17, 15) is 4.79 Å². The zero-order chi connectivity index (χ0) is 13.5. The van der Waals surface area contributed by atoms with Crippen LogP contribution in [-0.4, -0.2) is 11.9 Å². The number of rotatable bonds is 6. The maximum Gasteiger partial charge on any atom is 0.237 e. The molecule has 2 atom stereocenters. The molecule has 2 unspecified atom stereocenters. The Labute approximate surface area is 122 Å². The Bertz CT molecular complexity index is 364. The summed E-state index contributed by atoms with van der Waals surface area (Å²) in [4.78, 5) is 11.8. The monoisotopic (exact) mass is 284 g/mol. The van der Waals surface area contributed by atoms with E-state index in [1.165, 1.54) is 0 Å². The Morgan fingerprint density at radius 3 is 2.16 bits per heavy atom. The number of nitrogens with two attached hydrogens (primary N) is 1. The van der Waals surface area contributed by atoms with Gasteiger partial charge >= 0.3 is 0 Å². The van der Waals surface area contributed by atoms with E-state index in [0.717, 1.165) is 18.4 Å². The minimum absolute atomic E-state index is 0. The molecule has 1 rings (SSSR count). The zero-order valence-electron chi connectivity index (χ0n) is 11.9. The predicted octanol–water partition coefficient (Wildman–Crippen LogP) is 3.05. The molecule has 1 aromatic carbocycles. The van der Waals surface area contributed by atoms with Crippen LogP contribution in [-0.2, 0) is 4.79 Å². The van der Waals surface area contributed by atoms with E-state index in [1.807, 2.05) is 18.2 Å². The first kappa shape index (κ1) is 17.9. The fourth-order valence-corrected chi connectivity index (χ4v) is 2.18. The first-order chi connectivity index (χ1) is 8.60. The molecule has 0 aromatic heterocycles. The van der Waals surface area contributed by atoms with Gasteiger partial charge in [-0.3, -0.25) is 4.79 Å².